The minimum absolute atomic E-state index is 0.0276. The van der Waals surface area contributed by atoms with Gasteiger partial charge in [0, 0.05) is 25.7 Å². The maximum atomic E-state index is 11.5. The Labute approximate surface area is 102 Å². The fourth-order valence-corrected chi connectivity index (χ4v) is 2.07. The van der Waals surface area contributed by atoms with Gasteiger partial charge in [0.2, 0.25) is 0 Å². The molecule has 0 saturated carbocycles. The van der Waals surface area contributed by atoms with Gasteiger partial charge in [-0.3, -0.25) is 9.48 Å². The summed E-state index contributed by atoms with van der Waals surface area (Å²) in [7, 11) is 1.83. The highest BCUT2D eigenvalue weighted by molar-refractivity contribution is 5.75. The van der Waals surface area contributed by atoms with Gasteiger partial charge in [-0.1, -0.05) is 13.8 Å². The van der Waals surface area contributed by atoms with E-state index >= 15 is 0 Å². The van der Waals surface area contributed by atoms with Crippen LogP contribution in [0.1, 0.15) is 25.2 Å². The van der Waals surface area contributed by atoms with Gasteiger partial charge < -0.3 is 10.8 Å². The second-order valence-electron chi connectivity index (χ2n) is 4.90. The zero-order chi connectivity index (χ0) is 13.2. The molecular formula is C12H21N3O2. The fourth-order valence-electron chi connectivity index (χ4n) is 2.07. The van der Waals surface area contributed by atoms with E-state index in [0.717, 1.165) is 11.4 Å². The Hall–Kier alpha value is -1.36. The Morgan fingerprint density at radius 1 is 1.65 bits per heavy atom. The van der Waals surface area contributed by atoms with E-state index in [-0.39, 0.29) is 12.5 Å². The van der Waals surface area contributed by atoms with Gasteiger partial charge in [-0.05, 0) is 18.9 Å². The quantitative estimate of drug-likeness (QED) is 0.801. The number of rotatable bonds is 5. The Morgan fingerprint density at radius 2 is 2.24 bits per heavy atom. The SMILES string of the molecule is Cc1cc(CC(CN)(C(=O)O)C(C)C)n(C)n1. The van der Waals surface area contributed by atoms with Crippen molar-refractivity contribution >= 4 is 5.97 Å². The van der Waals surface area contributed by atoms with Crippen molar-refractivity contribution in [2.75, 3.05) is 6.54 Å². The third-order valence-corrected chi connectivity index (χ3v) is 3.49. The number of nitrogens with two attached hydrogens (primary N) is 1. The molecule has 0 spiro atoms. The zero-order valence-corrected chi connectivity index (χ0v) is 10.9. The van der Waals surface area contributed by atoms with E-state index in [1.165, 1.54) is 0 Å². The van der Waals surface area contributed by atoms with Gasteiger partial charge in [0.1, 0.15) is 0 Å². The predicted octanol–water partition coefficient (Wildman–Crippen LogP) is 0.957. The number of hydrogen-bond donors (Lipinski definition) is 2. The Morgan fingerprint density at radius 3 is 2.53 bits per heavy atom. The molecule has 0 amide bonds. The van der Waals surface area contributed by atoms with Gasteiger partial charge in [-0.2, -0.15) is 5.10 Å². The molecule has 0 fully saturated rings. The second-order valence-corrected chi connectivity index (χ2v) is 4.90. The van der Waals surface area contributed by atoms with Crippen molar-refractivity contribution in [3.63, 3.8) is 0 Å². The molecule has 0 aliphatic heterocycles. The molecule has 96 valence electrons. The van der Waals surface area contributed by atoms with Gasteiger partial charge in [-0.15, -0.1) is 0 Å². The van der Waals surface area contributed by atoms with Crippen molar-refractivity contribution in [2.24, 2.45) is 24.1 Å². The lowest BCUT2D eigenvalue weighted by Gasteiger charge is -2.31. The van der Waals surface area contributed by atoms with Crippen LogP contribution in [-0.2, 0) is 18.3 Å². The summed E-state index contributed by atoms with van der Waals surface area (Å²) in [4.78, 5) is 11.5. The molecular weight excluding hydrogens is 218 g/mol. The van der Waals surface area contributed by atoms with Crippen molar-refractivity contribution in [1.82, 2.24) is 9.78 Å². The molecule has 1 unspecified atom stereocenters. The van der Waals surface area contributed by atoms with Crippen LogP contribution in [0.3, 0.4) is 0 Å². The first kappa shape index (κ1) is 13.7. The third-order valence-electron chi connectivity index (χ3n) is 3.49. The number of carboxylic acids is 1. The van der Waals surface area contributed by atoms with Gasteiger partial charge in [-0.25, -0.2) is 0 Å². The van der Waals surface area contributed by atoms with E-state index in [0.29, 0.717) is 6.42 Å². The Bertz CT molecular complexity index is 412. The van der Waals surface area contributed by atoms with E-state index in [9.17, 15) is 9.90 Å². The van der Waals surface area contributed by atoms with Gasteiger partial charge in [0.25, 0.3) is 0 Å². The molecule has 0 aliphatic rings. The maximum absolute atomic E-state index is 11.5. The summed E-state index contributed by atoms with van der Waals surface area (Å²) in [5.74, 6) is -0.867. The van der Waals surface area contributed by atoms with Crippen LogP contribution in [0.5, 0.6) is 0 Å². The van der Waals surface area contributed by atoms with E-state index in [1.54, 1.807) is 4.68 Å². The first-order valence-corrected chi connectivity index (χ1v) is 5.76. The predicted molar refractivity (Wildman–Crippen MR) is 65.6 cm³/mol. The van der Waals surface area contributed by atoms with E-state index in [1.807, 2.05) is 33.9 Å². The summed E-state index contributed by atoms with van der Waals surface area (Å²) in [6.07, 6.45) is 0.411. The number of aromatic nitrogens is 2. The van der Waals surface area contributed by atoms with Gasteiger partial charge in [0.05, 0.1) is 11.1 Å². The fraction of sp³-hybridized carbons (Fsp3) is 0.667. The number of hydrogen-bond acceptors (Lipinski definition) is 3. The van der Waals surface area contributed by atoms with Crippen LogP contribution in [0.2, 0.25) is 0 Å². The molecule has 0 radical (unpaired) electrons. The van der Waals surface area contributed by atoms with Gasteiger partial charge in [0.15, 0.2) is 0 Å². The number of carboxylic acid groups (broad SMARTS) is 1. The summed E-state index contributed by atoms with van der Waals surface area (Å²) in [5, 5.41) is 13.7. The summed E-state index contributed by atoms with van der Waals surface area (Å²) in [5.41, 5.74) is 6.59. The minimum Gasteiger partial charge on any atom is -0.481 e. The second kappa shape index (κ2) is 4.87. The van der Waals surface area contributed by atoms with E-state index in [2.05, 4.69) is 5.10 Å². The molecule has 1 heterocycles. The molecule has 5 nitrogen and oxygen atoms in total. The van der Waals surface area contributed by atoms with Crippen molar-refractivity contribution in [3.8, 4) is 0 Å². The summed E-state index contributed by atoms with van der Waals surface area (Å²) >= 11 is 0. The first-order chi connectivity index (χ1) is 7.83. The number of nitrogens with zero attached hydrogens (tertiary/aromatic N) is 2. The van der Waals surface area contributed by atoms with Crippen molar-refractivity contribution in [2.45, 2.75) is 27.2 Å². The van der Waals surface area contributed by atoms with Crippen LogP contribution in [0, 0.1) is 18.3 Å². The van der Waals surface area contributed by atoms with Gasteiger partial charge >= 0.3 is 5.97 Å². The summed E-state index contributed by atoms with van der Waals surface area (Å²) in [6.45, 7) is 5.81. The Balaban J connectivity index is 3.10. The number of aliphatic carboxylic acids is 1. The first-order valence-electron chi connectivity index (χ1n) is 5.76. The smallest absolute Gasteiger partial charge is 0.311 e. The standard InChI is InChI=1S/C12H21N3O2/c1-8(2)12(7-13,11(16)17)6-10-5-9(3)14-15(10)4/h5,8H,6-7,13H2,1-4H3,(H,16,17). The van der Waals surface area contributed by atoms with Crippen LogP contribution in [-0.4, -0.2) is 27.4 Å². The van der Waals surface area contributed by atoms with Crippen LogP contribution in [0.15, 0.2) is 6.07 Å². The normalized spacial score (nSPS) is 14.9. The lowest BCUT2D eigenvalue weighted by Crippen LogP contribution is -2.45. The average Bonchev–Trinajstić information content (AvgIpc) is 2.52. The molecule has 5 heteroatoms. The highest BCUT2D eigenvalue weighted by atomic mass is 16.4. The summed E-state index contributed by atoms with van der Waals surface area (Å²) in [6, 6.07) is 1.91. The summed E-state index contributed by atoms with van der Waals surface area (Å²) < 4.78 is 1.73. The Kier molecular flexibility index (Phi) is 3.93. The minimum atomic E-state index is -0.916. The number of carbonyl (C=O) groups is 1. The van der Waals surface area contributed by atoms with Crippen molar-refractivity contribution < 1.29 is 9.90 Å². The largest absolute Gasteiger partial charge is 0.481 e. The van der Waals surface area contributed by atoms with E-state index < -0.39 is 11.4 Å². The molecule has 1 aromatic rings. The number of aryl methyl sites for hydroxylation is 2. The van der Waals surface area contributed by atoms with Crippen LogP contribution >= 0.6 is 0 Å². The lowest BCUT2D eigenvalue weighted by molar-refractivity contribution is -0.151. The zero-order valence-electron chi connectivity index (χ0n) is 10.9. The van der Waals surface area contributed by atoms with Crippen LogP contribution < -0.4 is 5.73 Å². The monoisotopic (exact) mass is 239 g/mol. The lowest BCUT2D eigenvalue weighted by atomic mass is 9.73. The van der Waals surface area contributed by atoms with E-state index in [4.69, 9.17) is 5.73 Å². The maximum Gasteiger partial charge on any atom is 0.311 e. The van der Waals surface area contributed by atoms with Crippen LogP contribution in [0.25, 0.3) is 0 Å². The average molecular weight is 239 g/mol. The molecule has 3 N–H and O–H groups in total. The van der Waals surface area contributed by atoms with Crippen molar-refractivity contribution in [3.05, 3.63) is 17.5 Å². The van der Waals surface area contributed by atoms with Crippen molar-refractivity contribution in [1.29, 1.82) is 0 Å². The molecule has 1 rings (SSSR count). The topological polar surface area (TPSA) is 81.1 Å². The molecule has 0 aliphatic carbocycles. The molecule has 0 saturated heterocycles. The molecule has 17 heavy (non-hydrogen) atoms. The van der Waals surface area contributed by atoms with Crippen LogP contribution in [0.4, 0.5) is 0 Å². The highest BCUT2D eigenvalue weighted by Crippen LogP contribution is 2.31. The molecule has 0 aromatic carbocycles. The molecule has 0 bridgehead atoms. The molecule has 1 aromatic heterocycles. The highest BCUT2D eigenvalue weighted by Gasteiger charge is 2.41. The third kappa shape index (κ3) is 2.49. The molecule has 1 atom stereocenters.